The van der Waals surface area contributed by atoms with Crippen molar-refractivity contribution >= 4 is 21.6 Å². The molecule has 20 heavy (non-hydrogen) atoms. The summed E-state index contributed by atoms with van der Waals surface area (Å²) in [4.78, 5) is 13.3. The van der Waals surface area contributed by atoms with Crippen LogP contribution in [0.5, 0.6) is 0 Å². The lowest BCUT2D eigenvalue weighted by molar-refractivity contribution is -0.117. The van der Waals surface area contributed by atoms with Crippen molar-refractivity contribution in [3.05, 3.63) is 29.6 Å². The minimum absolute atomic E-state index is 0.0681. The van der Waals surface area contributed by atoms with Gasteiger partial charge in [-0.3, -0.25) is 4.79 Å². The number of amides is 1. The van der Waals surface area contributed by atoms with Gasteiger partial charge in [-0.2, -0.15) is 0 Å². The smallest absolute Gasteiger partial charge is 0.227 e. The molecule has 0 saturated carbocycles. The summed E-state index contributed by atoms with van der Waals surface area (Å²) in [6.07, 6.45) is 0.0681. The van der Waals surface area contributed by atoms with Gasteiger partial charge in [0.05, 0.1) is 12.4 Å². The molecule has 1 atom stereocenters. The molecule has 1 unspecified atom stereocenters. The van der Waals surface area contributed by atoms with Gasteiger partial charge in [0.1, 0.15) is 5.82 Å². The molecule has 1 aromatic carbocycles. The van der Waals surface area contributed by atoms with Gasteiger partial charge in [-0.25, -0.2) is 17.9 Å². The van der Waals surface area contributed by atoms with E-state index in [9.17, 15) is 22.7 Å². The number of primary sulfonamides is 1. The molecule has 1 saturated heterocycles. The number of carbonyl (C=O) groups is 1. The number of anilines is 1. The quantitative estimate of drug-likeness (QED) is 0.815. The largest absolute Gasteiger partial charge is 0.392 e. The number of aliphatic hydroxyl groups is 1. The topological polar surface area (TPSA) is 101 Å². The molecular weight excluding hydrogens is 287 g/mol. The molecule has 1 amide bonds. The lowest BCUT2D eigenvalue weighted by atomic mass is 10.1. The van der Waals surface area contributed by atoms with Crippen LogP contribution in [-0.2, 0) is 21.4 Å². The van der Waals surface area contributed by atoms with E-state index in [1.807, 2.05) is 0 Å². The molecule has 8 heteroatoms. The fourth-order valence-corrected chi connectivity index (χ4v) is 3.28. The van der Waals surface area contributed by atoms with Crippen LogP contribution >= 0.6 is 0 Å². The average molecular weight is 302 g/mol. The monoisotopic (exact) mass is 302 g/mol. The van der Waals surface area contributed by atoms with Gasteiger partial charge in [-0.05, 0) is 18.2 Å². The summed E-state index contributed by atoms with van der Waals surface area (Å²) in [5.41, 5.74) is 0.686. The van der Waals surface area contributed by atoms with Gasteiger partial charge in [0.2, 0.25) is 15.9 Å². The third-order valence-corrected chi connectivity index (χ3v) is 4.11. The molecule has 0 aliphatic carbocycles. The third kappa shape index (κ3) is 3.33. The Balaban J connectivity index is 2.24. The summed E-state index contributed by atoms with van der Waals surface area (Å²) in [7, 11) is -3.65. The zero-order valence-corrected chi connectivity index (χ0v) is 11.4. The Morgan fingerprint density at radius 1 is 1.45 bits per heavy atom. The molecule has 1 heterocycles. The molecule has 0 aromatic heterocycles. The van der Waals surface area contributed by atoms with Crippen LogP contribution in [0.3, 0.4) is 0 Å². The number of hydrogen-bond acceptors (Lipinski definition) is 4. The fourth-order valence-electron chi connectivity index (χ4n) is 2.40. The Morgan fingerprint density at radius 2 is 2.15 bits per heavy atom. The van der Waals surface area contributed by atoms with Crippen LogP contribution in [0.15, 0.2) is 18.2 Å². The summed E-state index contributed by atoms with van der Waals surface area (Å²) >= 11 is 0. The van der Waals surface area contributed by atoms with Crippen LogP contribution in [0.2, 0.25) is 0 Å². The Hall–Kier alpha value is -1.51. The van der Waals surface area contributed by atoms with Gasteiger partial charge in [-0.15, -0.1) is 0 Å². The lowest BCUT2D eigenvalue weighted by Gasteiger charge is -2.19. The van der Waals surface area contributed by atoms with Crippen LogP contribution in [0, 0.1) is 11.7 Å². The van der Waals surface area contributed by atoms with Crippen LogP contribution < -0.4 is 10.0 Å². The summed E-state index contributed by atoms with van der Waals surface area (Å²) in [6.45, 7) is -0.218. The average Bonchev–Trinajstić information content (AvgIpc) is 2.67. The SMILES string of the molecule is NS(=O)(=O)CC1CC(=O)N(c2ccc(F)cc2CO)C1. The van der Waals surface area contributed by atoms with Gasteiger partial charge >= 0.3 is 0 Å². The van der Waals surface area contributed by atoms with Gasteiger partial charge in [0.15, 0.2) is 0 Å². The van der Waals surface area contributed by atoms with Crippen molar-refractivity contribution < 1.29 is 22.7 Å². The molecule has 6 nitrogen and oxygen atoms in total. The van der Waals surface area contributed by atoms with Gasteiger partial charge in [0, 0.05) is 30.1 Å². The van der Waals surface area contributed by atoms with Gasteiger partial charge in [-0.1, -0.05) is 0 Å². The summed E-state index contributed by atoms with van der Waals surface area (Å²) < 4.78 is 35.2. The maximum absolute atomic E-state index is 13.1. The molecule has 0 bridgehead atoms. The number of benzene rings is 1. The second-order valence-electron chi connectivity index (χ2n) is 4.84. The lowest BCUT2D eigenvalue weighted by Crippen LogP contribution is -2.28. The first-order valence-corrected chi connectivity index (χ1v) is 7.72. The van der Waals surface area contributed by atoms with E-state index in [-0.39, 0.29) is 30.2 Å². The summed E-state index contributed by atoms with van der Waals surface area (Å²) in [5.74, 6) is -1.44. The van der Waals surface area contributed by atoms with E-state index in [1.165, 1.54) is 17.0 Å². The highest BCUT2D eigenvalue weighted by Crippen LogP contribution is 2.29. The van der Waals surface area contributed by atoms with E-state index in [0.29, 0.717) is 5.69 Å². The first-order valence-electron chi connectivity index (χ1n) is 6.00. The predicted octanol–water partition coefficient (Wildman–Crippen LogP) is -0.0406. The Morgan fingerprint density at radius 3 is 2.75 bits per heavy atom. The molecule has 1 aliphatic rings. The second kappa shape index (κ2) is 5.47. The second-order valence-corrected chi connectivity index (χ2v) is 6.49. The van der Waals surface area contributed by atoms with Crippen molar-refractivity contribution in [2.24, 2.45) is 11.1 Å². The van der Waals surface area contributed by atoms with E-state index >= 15 is 0 Å². The summed E-state index contributed by atoms with van der Waals surface area (Å²) in [5, 5.41) is 14.2. The van der Waals surface area contributed by atoms with E-state index in [4.69, 9.17) is 5.14 Å². The number of rotatable bonds is 4. The minimum Gasteiger partial charge on any atom is -0.392 e. The Bertz CT molecular complexity index is 632. The van der Waals surface area contributed by atoms with Crippen LogP contribution in [0.25, 0.3) is 0 Å². The maximum atomic E-state index is 13.1. The molecule has 1 fully saturated rings. The Labute approximate surface area is 116 Å². The van der Waals surface area contributed by atoms with Gasteiger partial charge < -0.3 is 10.0 Å². The highest BCUT2D eigenvalue weighted by Gasteiger charge is 2.33. The molecule has 0 radical (unpaired) electrons. The number of halogens is 1. The van der Waals surface area contributed by atoms with E-state index in [0.717, 1.165) is 6.07 Å². The number of carbonyl (C=O) groups excluding carboxylic acids is 1. The van der Waals surface area contributed by atoms with Crippen molar-refractivity contribution in [2.45, 2.75) is 13.0 Å². The van der Waals surface area contributed by atoms with Crippen molar-refractivity contribution in [1.82, 2.24) is 0 Å². The predicted molar refractivity (Wildman–Crippen MR) is 70.8 cm³/mol. The Kier molecular flexibility index (Phi) is 4.07. The zero-order chi connectivity index (χ0) is 14.9. The highest BCUT2D eigenvalue weighted by molar-refractivity contribution is 7.89. The van der Waals surface area contributed by atoms with Crippen LogP contribution in [0.4, 0.5) is 10.1 Å². The number of nitrogens with two attached hydrogens (primary N) is 1. The van der Waals surface area contributed by atoms with Crippen molar-refractivity contribution in [3.8, 4) is 0 Å². The standard InChI is InChI=1S/C12H15FN2O4S/c13-10-1-2-11(9(4-10)6-16)15-5-8(3-12(15)17)7-20(14,18)19/h1-2,4,8,16H,3,5-7H2,(H2,14,18,19). The van der Waals surface area contributed by atoms with Crippen molar-refractivity contribution in [1.29, 1.82) is 0 Å². The molecule has 1 aromatic rings. The fraction of sp³-hybridized carbons (Fsp3) is 0.417. The minimum atomic E-state index is -3.65. The first kappa shape index (κ1) is 14.9. The molecular formula is C12H15FN2O4S. The summed E-state index contributed by atoms with van der Waals surface area (Å²) in [6, 6.07) is 3.74. The van der Waals surface area contributed by atoms with Gasteiger partial charge in [0.25, 0.3) is 0 Å². The van der Waals surface area contributed by atoms with E-state index in [1.54, 1.807) is 0 Å². The molecule has 2 rings (SSSR count). The van der Waals surface area contributed by atoms with Crippen molar-refractivity contribution in [3.63, 3.8) is 0 Å². The van der Waals surface area contributed by atoms with Crippen LogP contribution in [0.1, 0.15) is 12.0 Å². The first-order chi connectivity index (χ1) is 9.30. The number of nitrogens with zero attached hydrogens (tertiary/aromatic N) is 1. The normalized spacial score (nSPS) is 19.6. The zero-order valence-electron chi connectivity index (χ0n) is 10.6. The maximum Gasteiger partial charge on any atom is 0.227 e. The molecule has 3 N–H and O–H groups in total. The molecule has 1 aliphatic heterocycles. The molecule has 0 spiro atoms. The number of aliphatic hydroxyl groups excluding tert-OH is 1. The van der Waals surface area contributed by atoms with Crippen molar-refractivity contribution in [2.75, 3.05) is 17.2 Å². The van der Waals surface area contributed by atoms with E-state index < -0.39 is 28.4 Å². The van der Waals surface area contributed by atoms with E-state index in [2.05, 4.69) is 0 Å². The number of hydrogen-bond donors (Lipinski definition) is 2. The highest BCUT2D eigenvalue weighted by atomic mass is 32.2. The number of sulfonamides is 1. The van der Waals surface area contributed by atoms with Crippen LogP contribution in [-0.4, -0.2) is 31.7 Å². The third-order valence-electron chi connectivity index (χ3n) is 3.18. The molecule has 110 valence electrons.